The molecule has 0 aliphatic heterocycles. The van der Waals surface area contributed by atoms with Crippen molar-refractivity contribution in [1.82, 2.24) is 0 Å². The van der Waals surface area contributed by atoms with Gasteiger partial charge in [-0.15, -0.1) is 0 Å². The molecule has 0 saturated heterocycles. The van der Waals surface area contributed by atoms with E-state index in [0.29, 0.717) is 6.42 Å². The predicted octanol–water partition coefficient (Wildman–Crippen LogP) is 4.17. The van der Waals surface area contributed by atoms with Gasteiger partial charge in [-0.2, -0.15) is 0 Å². The third kappa shape index (κ3) is 3.05. The molecule has 1 N–H and O–H groups in total. The molecule has 0 spiro atoms. The summed E-state index contributed by atoms with van der Waals surface area (Å²) in [7, 11) is 0. The summed E-state index contributed by atoms with van der Waals surface area (Å²) in [6, 6.07) is 7.34. The number of hydrogen-bond donors (Lipinski definition) is 1. The molecule has 1 atom stereocenters. The first-order valence-electron chi connectivity index (χ1n) is 6.58. The van der Waals surface area contributed by atoms with Crippen LogP contribution in [0.5, 0.6) is 0 Å². The van der Waals surface area contributed by atoms with Crippen molar-refractivity contribution < 1.29 is 13.9 Å². The van der Waals surface area contributed by atoms with Gasteiger partial charge in [-0.1, -0.05) is 23.8 Å². The minimum atomic E-state index is -0.976. The molecule has 2 rings (SSSR count). The van der Waals surface area contributed by atoms with E-state index in [2.05, 4.69) is 0 Å². The maximum Gasteiger partial charge on any atom is 0.131 e. The number of hydrogen-bond acceptors (Lipinski definition) is 1. The summed E-state index contributed by atoms with van der Waals surface area (Å²) in [4.78, 5) is 0. The Bertz CT molecular complexity index is 612. The van der Waals surface area contributed by atoms with Gasteiger partial charge in [0.2, 0.25) is 0 Å². The Kier molecular flexibility index (Phi) is 4.19. The topological polar surface area (TPSA) is 20.2 Å². The molecule has 0 aliphatic carbocycles. The molecule has 1 unspecified atom stereocenters. The number of aliphatic hydroxyl groups is 1. The van der Waals surface area contributed by atoms with E-state index in [9.17, 15) is 13.9 Å². The Balaban J connectivity index is 2.30. The van der Waals surface area contributed by atoms with Gasteiger partial charge >= 0.3 is 0 Å². The molecule has 3 heteroatoms. The fourth-order valence-corrected chi connectivity index (χ4v) is 2.61. The minimum absolute atomic E-state index is 0.130. The highest BCUT2D eigenvalue weighted by molar-refractivity contribution is 5.38. The van der Waals surface area contributed by atoms with Crippen LogP contribution in [0.3, 0.4) is 0 Å². The molecule has 0 fully saturated rings. The lowest BCUT2D eigenvalue weighted by atomic mass is 9.93. The van der Waals surface area contributed by atoms with E-state index in [1.807, 2.05) is 32.9 Å². The van der Waals surface area contributed by atoms with Crippen LogP contribution in [0.1, 0.15) is 33.9 Å². The van der Waals surface area contributed by atoms with Gasteiger partial charge in [0.1, 0.15) is 11.6 Å². The van der Waals surface area contributed by atoms with Crippen molar-refractivity contribution in [2.45, 2.75) is 33.3 Å². The third-order valence-electron chi connectivity index (χ3n) is 3.56. The third-order valence-corrected chi connectivity index (χ3v) is 3.56. The zero-order chi connectivity index (χ0) is 14.9. The van der Waals surface area contributed by atoms with Crippen molar-refractivity contribution in [1.29, 1.82) is 0 Å². The molecule has 0 bridgehead atoms. The minimum Gasteiger partial charge on any atom is -0.388 e. The van der Waals surface area contributed by atoms with Crippen LogP contribution < -0.4 is 0 Å². The van der Waals surface area contributed by atoms with Crippen molar-refractivity contribution in [3.8, 4) is 0 Å². The van der Waals surface area contributed by atoms with Gasteiger partial charge in [0.25, 0.3) is 0 Å². The van der Waals surface area contributed by atoms with Crippen LogP contribution in [0, 0.1) is 32.4 Å². The van der Waals surface area contributed by atoms with Gasteiger partial charge in [-0.05, 0) is 43.5 Å². The van der Waals surface area contributed by atoms with Gasteiger partial charge in [0.15, 0.2) is 0 Å². The second kappa shape index (κ2) is 5.71. The summed E-state index contributed by atoms with van der Waals surface area (Å²) < 4.78 is 26.6. The summed E-state index contributed by atoms with van der Waals surface area (Å²) in [6.45, 7) is 5.96. The van der Waals surface area contributed by atoms with Gasteiger partial charge in [-0.25, -0.2) is 8.78 Å². The second-order valence-electron chi connectivity index (χ2n) is 5.26. The zero-order valence-corrected chi connectivity index (χ0v) is 11.9. The van der Waals surface area contributed by atoms with Crippen LogP contribution in [-0.2, 0) is 6.42 Å². The van der Waals surface area contributed by atoms with Crippen molar-refractivity contribution in [3.05, 3.63) is 69.8 Å². The summed E-state index contributed by atoms with van der Waals surface area (Å²) in [6.07, 6.45) is -0.656. The first-order valence-corrected chi connectivity index (χ1v) is 6.58. The lowest BCUT2D eigenvalue weighted by Gasteiger charge is -2.16. The van der Waals surface area contributed by atoms with Gasteiger partial charge < -0.3 is 5.11 Å². The molecule has 20 heavy (non-hydrogen) atoms. The van der Waals surface area contributed by atoms with E-state index < -0.39 is 17.7 Å². The molecule has 0 saturated carbocycles. The average molecular weight is 276 g/mol. The van der Waals surface area contributed by atoms with Crippen molar-refractivity contribution in [2.75, 3.05) is 0 Å². The molecule has 0 aliphatic rings. The lowest BCUT2D eigenvalue weighted by Crippen LogP contribution is -2.07. The molecule has 0 aromatic heterocycles. The molecule has 2 aromatic carbocycles. The highest BCUT2D eigenvalue weighted by Crippen LogP contribution is 2.26. The molecule has 0 radical (unpaired) electrons. The maximum atomic E-state index is 13.7. The number of benzene rings is 2. The number of halogens is 2. The van der Waals surface area contributed by atoms with Crippen LogP contribution in [0.2, 0.25) is 0 Å². The Labute approximate surface area is 117 Å². The fraction of sp³-hybridized carbons (Fsp3) is 0.294. The standard InChI is InChI=1S/C17H18F2O/c1-10-6-11(2)15(12(3)7-10)9-17(20)14-5-4-13(18)8-16(14)19/h4-8,17,20H,9H2,1-3H3. The molecule has 2 aromatic rings. The fourth-order valence-electron chi connectivity index (χ4n) is 2.61. The van der Waals surface area contributed by atoms with Crippen LogP contribution in [-0.4, -0.2) is 5.11 Å². The lowest BCUT2D eigenvalue weighted by molar-refractivity contribution is 0.173. The van der Waals surface area contributed by atoms with Crippen molar-refractivity contribution in [3.63, 3.8) is 0 Å². The highest BCUT2D eigenvalue weighted by Gasteiger charge is 2.16. The monoisotopic (exact) mass is 276 g/mol. The van der Waals surface area contributed by atoms with Crippen LogP contribution in [0.25, 0.3) is 0 Å². The highest BCUT2D eigenvalue weighted by atomic mass is 19.1. The Morgan fingerprint density at radius 1 is 1.00 bits per heavy atom. The van der Waals surface area contributed by atoms with E-state index in [-0.39, 0.29) is 5.56 Å². The largest absolute Gasteiger partial charge is 0.388 e. The molecule has 1 nitrogen and oxygen atoms in total. The Morgan fingerprint density at radius 2 is 1.60 bits per heavy atom. The zero-order valence-electron chi connectivity index (χ0n) is 11.9. The van der Waals surface area contributed by atoms with Crippen LogP contribution >= 0.6 is 0 Å². The Hall–Kier alpha value is -1.74. The van der Waals surface area contributed by atoms with Crippen LogP contribution in [0.15, 0.2) is 30.3 Å². The van der Waals surface area contributed by atoms with E-state index in [0.717, 1.165) is 34.4 Å². The summed E-state index contributed by atoms with van der Waals surface area (Å²) in [5.74, 6) is -1.35. The van der Waals surface area contributed by atoms with Crippen LogP contribution in [0.4, 0.5) is 8.78 Å². The summed E-state index contributed by atoms with van der Waals surface area (Å²) in [5.41, 5.74) is 4.44. The number of aliphatic hydroxyl groups excluding tert-OH is 1. The van der Waals surface area contributed by atoms with E-state index in [4.69, 9.17) is 0 Å². The first kappa shape index (κ1) is 14.7. The average Bonchev–Trinajstić information content (AvgIpc) is 2.33. The molecular weight excluding hydrogens is 258 g/mol. The first-order chi connectivity index (χ1) is 9.38. The number of rotatable bonds is 3. The quantitative estimate of drug-likeness (QED) is 0.892. The molecule has 0 amide bonds. The van der Waals surface area contributed by atoms with Crippen molar-refractivity contribution in [2.24, 2.45) is 0 Å². The van der Waals surface area contributed by atoms with Gasteiger partial charge in [0.05, 0.1) is 6.10 Å². The van der Waals surface area contributed by atoms with E-state index in [1.54, 1.807) is 0 Å². The van der Waals surface area contributed by atoms with Crippen molar-refractivity contribution >= 4 is 0 Å². The smallest absolute Gasteiger partial charge is 0.131 e. The SMILES string of the molecule is Cc1cc(C)c(CC(O)c2ccc(F)cc2F)c(C)c1. The predicted molar refractivity (Wildman–Crippen MR) is 75.7 cm³/mol. The van der Waals surface area contributed by atoms with Gasteiger partial charge in [-0.3, -0.25) is 0 Å². The molecule has 106 valence electrons. The summed E-state index contributed by atoms with van der Waals surface area (Å²) >= 11 is 0. The Morgan fingerprint density at radius 3 is 2.15 bits per heavy atom. The second-order valence-corrected chi connectivity index (χ2v) is 5.26. The van der Waals surface area contributed by atoms with E-state index in [1.165, 1.54) is 6.07 Å². The van der Waals surface area contributed by atoms with Gasteiger partial charge in [0, 0.05) is 18.1 Å². The maximum absolute atomic E-state index is 13.7. The normalized spacial score (nSPS) is 12.5. The molecule has 0 heterocycles. The van der Waals surface area contributed by atoms with E-state index >= 15 is 0 Å². The number of aryl methyl sites for hydroxylation is 3. The molecular formula is C17H18F2O. The summed E-state index contributed by atoms with van der Waals surface area (Å²) in [5, 5.41) is 10.2.